The first kappa shape index (κ1) is 14.0. The predicted octanol–water partition coefficient (Wildman–Crippen LogP) is 3.98. The Morgan fingerprint density at radius 1 is 0.727 bits per heavy atom. The second-order valence-corrected chi connectivity index (χ2v) is 5.15. The molecule has 0 amide bonds. The average molecular weight is 291 g/mol. The van der Waals surface area contributed by atoms with E-state index in [1.807, 2.05) is 55.5 Å². The average Bonchev–Trinajstić information content (AvgIpc) is 2.52. The molecule has 0 spiro atoms. The smallest absolute Gasteiger partial charge is 0.249 e. The zero-order valence-corrected chi connectivity index (χ0v) is 12.5. The number of nitrogens with one attached hydrogen (secondary N) is 2. The minimum atomic E-state index is 0.459. The number of aryl methyl sites for hydroxylation is 2. The second kappa shape index (κ2) is 6.22. The van der Waals surface area contributed by atoms with Crippen molar-refractivity contribution in [3.05, 3.63) is 65.9 Å². The Kier molecular flexibility index (Phi) is 3.96. The van der Waals surface area contributed by atoms with E-state index >= 15 is 0 Å². The molecule has 1 aromatic heterocycles. The Bertz CT molecular complexity index is 688. The second-order valence-electron chi connectivity index (χ2n) is 5.15. The van der Waals surface area contributed by atoms with E-state index in [2.05, 4.69) is 32.7 Å². The summed E-state index contributed by atoms with van der Waals surface area (Å²) in [5.41, 5.74) is 4.32. The molecule has 0 atom stereocenters. The zero-order valence-electron chi connectivity index (χ0n) is 12.5. The number of hydrogen-bond acceptors (Lipinski definition) is 5. The van der Waals surface area contributed by atoms with E-state index in [1.165, 1.54) is 11.1 Å². The molecule has 0 aliphatic rings. The topological polar surface area (TPSA) is 62.7 Å². The van der Waals surface area contributed by atoms with Crippen molar-refractivity contribution in [2.45, 2.75) is 13.8 Å². The molecule has 2 aromatic carbocycles. The van der Waals surface area contributed by atoms with Crippen LogP contribution in [0.3, 0.4) is 0 Å². The molecule has 5 heteroatoms. The maximum absolute atomic E-state index is 4.41. The van der Waals surface area contributed by atoms with Crippen molar-refractivity contribution >= 4 is 23.1 Å². The highest BCUT2D eigenvalue weighted by atomic mass is 15.3. The molecular weight excluding hydrogens is 274 g/mol. The third kappa shape index (κ3) is 3.58. The number of benzene rings is 2. The first-order valence-electron chi connectivity index (χ1n) is 7.06. The van der Waals surface area contributed by atoms with Crippen molar-refractivity contribution < 1.29 is 0 Å². The molecule has 0 saturated carbocycles. The molecule has 0 unspecified atom stereocenters. The molecule has 2 N–H and O–H groups in total. The maximum Gasteiger partial charge on any atom is 0.249 e. The van der Waals surface area contributed by atoms with Crippen LogP contribution in [0.5, 0.6) is 0 Å². The standard InChI is InChI=1S/C17H17N5/c1-12-3-7-14(8-4-12)19-16-11-18-22-17(21-16)20-15-9-5-13(2)6-10-15/h3-11H,1-2H3,(H2,19,20,21,22). The van der Waals surface area contributed by atoms with Gasteiger partial charge in [0.25, 0.3) is 0 Å². The lowest BCUT2D eigenvalue weighted by molar-refractivity contribution is 0.982. The molecule has 3 aromatic rings. The lowest BCUT2D eigenvalue weighted by Gasteiger charge is -2.08. The van der Waals surface area contributed by atoms with E-state index in [0.717, 1.165) is 11.4 Å². The number of aromatic nitrogens is 3. The molecule has 3 rings (SSSR count). The van der Waals surface area contributed by atoms with E-state index in [-0.39, 0.29) is 0 Å². The first-order chi connectivity index (χ1) is 10.7. The normalized spacial score (nSPS) is 10.3. The van der Waals surface area contributed by atoms with Crippen molar-refractivity contribution in [3.8, 4) is 0 Å². The number of hydrogen-bond donors (Lipinski definition) is 2. The van der Waals surface area contributed by atoms with Crippen LogP contribution in [0.15, 0.2) is 54.7 Å². The van der Waals surface area contributed by atoms with Crippen molar-refractivity contribution in [3.63, 3.8) is 0 Å². The van der Waals surface area contributed by atoms with Gasteiger partial charge in [-0.1, -0.05) is 35.4 Å². The minimum Gasteiger partial charge on any atom is -0.339 e. The van der Waals surface area contributed by atoms with Crippen LogP contribution in [0.1, 0.15) is 11.1 Å². The minimum absolute atomic E-state index is 0.459. The highest BCUT2D eigenvalue weighted by Crippen LogP contribution is 2.17. The summed E-state index contributed by atoms with van der Waals surface area (Å²) in [6, 6.07) is 16.1. The molecule has 0 aliphatic carbocycles. The molecule has 22 heavy (non-hydrogen) atoms. The van der Waals surface area contributed by atoms with Gasteiger partial charge in [0.1, 0.15) is 0 Å². The van der Waals surface area contributed by atoms with Gasteiger partial charge in [-0.15, -0.1) is 5.10 Å². The van der Waals surface area contributed by atoms with E-state index in [1.54, 1.807) is 6.20 Å². The summed E-state index contributed by atoms with van der Waals surface area (Å²) in [5.74, 6) is 1.11. The van der Waals surface area contributed by atoms with Gasteiger partial charge < -0.3 is 10.6 Å². The van der Waals surface area contributed by atoms with Crippen LogP contribution in [0.4, 0.5) is 23.1 Å². The van der Waals surface area contributed by atoms with E-state index in [0.29, 0.717) is 11.8 Å². The van der Waals surface area contributed by atoms with Gasteiger partial charge in [0.05, 0.1) is 6.20 Å². The van der Waals surface area contributed by atoms with Gasteiger partial charge in [0.2, 0.25) is 5.95 Å². The first-order valence-corrected chi connectivity index (χ1v) is 7.06. The fraction of sp³-hybridized carbons (Fsp3) is 0.118. The quantitative estimate of drug-likeness (QED) is 0.761. The summed E-state index contributed by atoms with van der Waals surface area (Å²) >= 11 is 0. The van der Waals surface area contributed by atoms with Crippen molar-refractivity contribution in [2.75, 3.05) is 10.6 Å². The largest absolute Gasteiger partial charge is 0.339 e. The Morgan fingerprint density at radius 2 is 1.27 bits per heavy atom. The molecule has 110 valence electrons. The van der Waals surface area contributed by atoms with Crippen molar-refractivity contribution in [1.29, 1.82) is 0 Å². The van der Waals surface area contributed by atoms with E-state index in [4.69, 9.17) is 0 Å². The third-order valence-corrected chi connectivity index (χ3v) is 3.19. The summed E-state index contributed by atoms with van der Waals surface area (Å²) in [5, 5.41) is 14.3. The van der Waals surface area contributed by atoms with Gasteiger partial charge in [0.15, 0.2) is 5.82 Å². The van der Waals surface area contributed by atoms with Gasteiger partial charge in [0, 0.05) is 11.4 Å². The van der Waals surface area contributed by atoms with Gasteiger partial charge in [-0.2, -0.15) is 10.1 Å². The number of nitrogens with zero attached hydrogens (tertiary/aromatic N) is 3. The molecule has 0 aliphatic heterocycles. The fourth-order valence-electron chi connectivity index (χ4n) is 1.97. The number of anilines is 4. The molecule has 0 saturated heterocycles. The van der Waals surface area contributed by atoms with Crippen molar-refractivity contribution in [1.82, 2.24) is 15.2 Å². The van der Waals surface area contributed by atoms with Crippen LogP contribution in [0, 0.1) is 13.8 Å². The molecular formula is C17H17N5. The molecule has 0 radical (unpaired) electrons. The van der Waals surface area contributed by atoms with Crippen LogP contribution in [0.25, 0.3) is 0 Å². The van der Waals surface area contributed by atoms with Crippen LogP contribution in [-0.2, 0) is 0 Å². The number of rotatable bonds is 4. The SMILES string of the molecule is Cc1ccc(Nc2cnnc(Nc3ccc(C)cc3)n2)cc1. The molecule has 1 heterocycles. The predicted molar refractivity (Wildman–Crippen MR) is 88.8 cm³/mol. The maximum atomic E-state index is 4.41. The van der Waals surface area contributed by atoms with Gasteiger partial charge in [-0.25, -0.2) is 0 Å². The monoisotopic (exact) mass is 291 g/mol. The Morgan fingerprint density at radius 3 is 1.86 bits per heavy atom. The zero-order chi connectivity index (χ0) is 15.4. The summed E-state index contributed by atoms with van der Waals surface area (Å²) in [7, 11) is 0. The van der Waals surface area contributed by atoms with Crippen LogP contribution in [0.2, 0.25) is 0 Å². The molecule has 0 bridgehead atoms. The lowest BCUT2D eigenvalue weighted by Crippen LogP contribution is -2.02. The highest BCUT2D eigenvalue weighted by molar-refractivity contribution is 5.58. The highest BCUT2D eigenvalue weighted by Gasteiger charge is 2.02. The van der Waals surface area contributed by atoms with Gasteiger partial charge >= 0.3 is 0 Å². The Balaban J connectivity index is 1.74. The Hall–Kier alpha value is -2.95. The fourth-order valence-corrected chi connectivity index (χ4v) is 1.97. The third-order valence-electron chi connectivity index (χ3n) is 3.19. The van der Waals surface area contributed by atoms with Crippen LogP contribution in [-0.4, -0.2) is 15.2 Å². The van der Waals surface area contributed by atoms with Gasteiger partial charge in [-0.3, -0.25) is 0 Å². The Labute approximate surface area is 129 Å². The molecule has 5 nitrogen and oxygen atoms in total. The summed E-state index contributed by atoms with van der Waals surface area (Å²) in [6.45, 7) is 4.10. The van der Waals surface area contributed by atoms with E-state index < -0.39 is 0 Å². The molecule has 0 fully saturated rings. The summed E-state index contributed by atoms with van der Waals surface area (Å²) < 4.78 is 0. The van der Waals surface area contributed by atoms with Crippen LogP contribution >= 0.6 is 0 Å². The van der Waals surface area contributed by atoms with Gasteiger partial charge in [-0.05, 0) is 38.1 Å². The van der Waals surface area contributed by atoms with E-state index in [9.17, 15) is 0 Å². The summed E-state index contributed by atoms with van der Waals surface area (Å²) in [6.07, 6.45) is 1.60. The van der Waals surface area contributed by atoms with Crippen LogP contribution < -0.4 is 10.6 Å². The van der Waals surface area contributed by atoms with Crippen molar-refractivity contribution in [2.24, 2.45) is 0 Å². The lowest BCUT2D eigenvalue weighted by atomic mass is 10.2. The summed E-state index contributed by atoms with van der Waals surface area (Å²) in [4.78, 5) is 4.41.